The topological polar surface area (TPSA) is 80.9 Å². The molecule has 2 aromatic heterocycles. The van der Waals surface area contributed by atoms with Crippen LogP contribution >= 0.6 is 11.3 Å². The number of nitrogens with zero attached hydrogens (tertiary/aromatic N) is 2. The number of anilines is 1. The largest absolute Gasteiger partial charge is 0.368 e. The minimum atomic E-state index is -0.0702. The maximum Gasteiger partial charge on any atom is 0.261 e. The van der Waals surface area contributed by atoms with Gasteiger partial charge in [-0.15, -0.1) is 11.3 Å². The number of nitrogens with two attached hydrogens (primary N) is 1. The van der Waals surface area contributed by atoms with Crippen molar-refractivity contribution < 1.29 is 4.79 Å². The smallest absolute Gasteiger partial charge is 0.261 e. The number of carbonyl (C=O) groups excluding carboxylic acids is 1. The number of amides is 1. The molecular formula is C17H16N4OS. The van der Waals surface area contributed by atoms with Gasteiger partial charge in [-0.1, -0.05) is 30.3 Å². The van der Waals surface area contributed by atoms with E-state index in [-0.39, 0.29) is 11.9 Å². The summed E-state index contributed by atoms with van der Waals surface area (Å²) < 4.78 is 0. The Balaban J connectivity index is 1.60. The zero-order valence-corrected chi connectivity index (χ0v) is 13.2. The lowest BCUT2D eigenvalue weighted by Crippen LogP contribution is -2.24. The van der Waals surface area contributed by atoms with Gasteiger partial charge in [-0.2, -0.15) is 0 Å². The molecule has 0 saturated heterocycles. The van der Waals surface area contributed by atoms with Crippen molar-refractivity contribution in [2.24, 2.45) is 0 Å². The summed E-state index contributed by atoms with van der Waals surface area (Å²) in [6, 6.07) is 15.5. The Kier molecular flexibility index (Phi) is 4.63. The first kappa shape index (κ1) is 15.2. The van der Waals surface area contributed by atoms with Crippen LogP contribution < -0.4 is 11.1 Å². The Morgan fingerprint density at radius 2 is 1.96 bits per heavy atom. The van der Waals surface area contributed by atoms with Crippen LogP contribution in [0.1, 0.15) is 15.2 Å². The number of nitrogens with one attached hydrogen (secondary N) is 1. The van der Waals surface area contributed by atoms with E-state index < -0.39 is 0 Å². The number of hydrogen-bond donors (Lipinski definition) is 2. The molecule has 0 fully saturated rings. The van der Waals surface area contributed by atoms with E-state index >= 15 is 0 Å². The molecule has 6 heteroatoms. The van der Waals surface area contributed by atoms with Crippen molar-refractivity contribution in [3.63, 3.8) is 0 Å². The van der Waals surface area contributed by atoms with Gasteiger partial charge < -0.3 is 11.1 Å². The fourth-order valence-electron chi connectivity index (χ4n) is 2.16. The maximum atomic E-state index is 12.2. The summed E-state index contributed by atoms with van der Waals surface area (Å²) in [6.45, 7) is 0.608. The Morgan fingerprint density at radius 1 is 1.13 bits per heavy atom. The second-order valence-corrected chi connectivity index (χ2v) is 6.04. The summed E-state index contributed by atoms with van der Waals surface area (Å²) >= 11 is 1.39. The van der Waals surface area contributed by atoms with E-state index in [2.05, 4.69) is 27.4 Å². The van der Waals surface area contributed by atoms with Crippen LogP contribution in [0.3, 0.4) is 0 Å². The summed E-state index contributed by atoms with van der Waals surface area (Å²) in [5, 5.41) is 2.94. The van der Waals surface area contributed by atoms with Crippen LogP contribution in [-0.2, 0) is 6.42 Å². The van der Waals surface area contributed by atoms with Crippen LogP contribution in [0.15, 0.2) is 54.7 Å². The molecule has 2 heterocycles. The molecule has 0 atom stereocenters. The van der Waals surface area contributed by atoms with E-state index in [9.17, 15) is 4.79 Å². The molecule has 0 spiro atoms. The van der Waals surface area contributed by atoms with Gasteiger partial charge in [-0.05, 0) is 30.2 Å². The van der Waals surface area contributed by atoms with Crippen molar-refractivity contribution in [3.8, 4) is 10.6 Å². The highest BCUT2D eigenvalue weighted by molar-refractivity contribution is 7.17. The van der Waals surface area contributed by atoms with Crippen LogP contribution in [0.5, 0.6) is 0 Å². The van der Waals surface area contributed by atoms with E-state index in [1.54, 1.807) is 18.3 Å². The lowest BCUT2D eigenvalue weighted by molar-refractivity contribution is 0.0958. The van der Waals surface area contributed by atoms with E-state index in [0.29, 0.717) is 11.4 Å². The number of thiophene rings is 1. The number of benzene rings is 1. The van der Waals surface area contributed by atoms with Crippen LogP contribution in [0.4, 0.5) is 5.95 Å². The zero-order chi connectivity index (χ0) is 16.1. The van der Waals surface area contributed by atoms with Gasteiger partial charge >= 0.3 is 0 Å². The predicted molar refractivity (Wildman–Crippen MR) is 92.2 cm³/mol. The van der Waals surface area contributed by atoms with Crippen molar-refractivity contribution in [2.45, 2.75) is 6.42 Å². The van der Waals surface area contributed by atoms with Gasteiger partial charge in [0.2, 0.25) is 5.95 Å². The number of rotatable bonds is 5. The normalized spacial score (nSPS) is 10.4. The van der Waals surface area contributed by atoms with Gasteiger partial charge in [0.1, 0.15) is 0 Å². The molecule has 3 rings (SSSR count). The Bertz CT molecular complexity index is 801. The molecule has 23 heavy (non-hydrogen) atoms. The average molecular weight is 324 g/mol. The summed E-state index contributed by atoms with van der Waals surface area (Å²) in [5.41, 5.74) is 7.52. The van der Waals surface area contributed by atoms with Gasteiger partial charge in [-0.3, -0.25) is 4.79 Å². The molecule has 0 unspecified atom stereocenters. The first-order chi connectivity index (χ1) is 11.2. The molecule has 5 nitrogen and oxygen atoms in total. The van der Waals surface area contributed by atoms with Gasteiger partial charge in [0.05, 0.1) is 15.4 Å². The quantitative estimate of drug-likeness (QED) is 0.756. The molecule has 3 N–H and O–H groups in total. The fraction of sp³-hybridized carbons (Fsp3) is 0.118. The van der Waals surface area contributed by atoms with E-state index in [1.165, 1.54) is 16.9 Å². The second kappa shape index (κ2) is 7.02. The summed E-state index contributed by atoms with van der Waals surface area (Å²) in [6.07, 6.45) is 2.42. The number of nitrogen functional groups attached to an aromatic ring is 1. The third-order valence-corrected chi connectivity index (χ3v) is 4.41. The minimum absolute atomic E-state index is 0.0702. The van der Waals surface area contributed by atoms with Crippen LogP contribution in [0.2, 0.25) is 0 Å². The predicted octanol–water partition coefficient (Wildman–Crippen LogP) is 2.76. The zero-order valence-electron chi connectivity index (χ0n) is 12.4. The molecule has 0 saturated carbocycles. The van der Waals surface area contributed by atoms with E-state index in [0.717, 1.165) is 17.0 Å². The minimum Gasteiger partial charge on any atom is -0.368 e. The van der Waals surface area contributed by atoms with E-state index in [1.807, 2.05) is 24.3 Å². The van der Waals surface area contributed by atoms with Crippen LogP contribution in [0, 0.1) is 0 Å². The highest BCUT2D eigenvalue weighted by Crippen LogP contribution is 2.26. The van der Waals surface area contributed by atoms with Crippen LogP contribution in [0.25, 0.3) is 10.6 Å². The van der Waals surface area contributed by atoms with E-state index in [4.69, 9.17) is 5.73 Å². The summed E-state index contributed by atoms with van der Waals surface area (Å²) in [7, 11) is 0. The number of hydrogen-bond acceptors (Lipinski definition) is 5. The monoisotopic (exact) mass is 324 g/mol. The molecule has 3 aromatic rings. The maximum absolute atomic E-state index is 12.2. The fourth-order valence-corrected chi connectivity index (χ4v) is 3.05. The molecule has 0 bridgehead atoms. The molecule has 0 radical (unpaired) electrons. The van der Waals surface area contributed by atoms with Crippen LogP contribution in [-0.4, -0.2) is 22.4 Å². The van der Waals surface area contributed by atoms with Gasteiger partial charge in [0.25, 0.3) is 5.91 Å². The first-order valence-corrected chi connectivity index (χ1v) is 8.05. The lowest BCUT2D eigenvalue weighted by atomic mass is 10.1. The van der Waals surface area contributed by atoms with Crippen molar-refractivity contribution in [1.29, 1.82) is 0 Å². The highest BCUT2D eigenvalue weighted by Gasteiger charge is 2.11. The van der Waals surface area contributed by atoms with Gasteiger partial charge in [0, 0.05) is 12.7 Å². The Hall–Kier alpha value is -2.73. The van der Waals surface area contributed by atoms with Crippen molar-refractivity contribution in [1.82, 2.24) is 15.3 Å². The van der Waals surface area contributed by atoms with Crippen molar-refractivity contribution in [2.75, 3.05) is 12.3 Å². The standard InChI is InChI=1S/C17H16N4OS/c18-17-20-11-9-13(21-17)14-6-7-15(23-14)16(22)19-10-8-12-4-2-1-3-5-12/h1-7,9,11H,8,10H2,(H,19,22)(H2,18,20,21). The first-order valence-electron chi connectivity index (χ1n) is 7.23. The van der Waals surface area contributed by atoms with Gasteiger partial charge in [-0.25, -0.2) is 9.97 Å². The lowest BCUT2D eigenvalue weighted by Gasteiger charge is -2.03. The molecule has 0 aliphatic heterocycles. The number of aromatic nitrogens is 2. The highest BCUT2D eigenvalue weighted by atomic mass is 32.1. The molecule has 1 aromatic carbocycles. The average Bonchev–Trinajstić information content (AvgIpc) is 3.06. The Labute approximate surface area is 138 Å². The van der Waals surface area contributed by atoms with Gasteiger partial charge in [0.15, 0.2) is 0 Å². The van der Waals surface area contributed by atoms with Crippen molar-refractivity contribution in [3.05, 3.63) is 65.2 Å². The SMILES string of the molecule is Nc1nccc(-c2ccc(C(=O)NCCc3ccccc3)s2)n1. The molecule has 116 valence electrons. The Morgan fingerprint density at radius 3 is 2.74 bits per heavy atom. The third kappa shape index (κ3) is 3.92. The number of carbonyl (C=O) groups is 1. The molecular weight excluding hydrogens is 308 g/mol. The third-order valence-electron chi connectivity index (χ3n) is 3.30. The molecule has 0 aliphatic carbocycles. The molecule has 1 amide bonds. The second-order valence-electron chi connectivity index (χ2n) is 4.96. The summed E-state index contributed by atoms with van der Waals surface area (Å²) in [4.78, 5) is 21.8. The van der Waals surface area contributed by atoms with Crippen molar-refractivity contribution >= 4 is 23.2 Å². The summed E-state index contributed by atoms with van der Waals surface area (Å²) in [5.74, 6) is 0.156. The molecule has 0 aliphatic rings.